The Balaban J connectivity index is 2.31. The molecule has 1 unspecified atom stereocenters. The predicted octanol–water partition coefficient (Wildman–Crippen LogP) is -0.729. The molecule has 3 N–H and O–H groups in total. The van der Waals surface area contributed by atoms with Crippen LogP contribution in [-0.4, -0.2) is 65.3 Å². The number of hydrogen-bond donors (Lipinski definition) is 2. The highest BCUT2D eigenvalue weighted by atomic mass is 32.1. The SMILES string of the molecule is CC(C(N)=S)N1CCN(CCO)CC1. The lowest BCUT2D eigenvalue weighted by atomic mass is 10.2. The molecule has 0 radical (unpaired) electrons. The third-order valence-corrected chi connectivity index (χ3v) is 3.12. The number of nitrogens with zero attached hydrogens (tertiary/aromatic N) is 2. The van der Waals surface area contributed by atoms with Crippen LogP contribution in [0, 0.1) is 0 Å². The van der Waals surface area contributed by atoms with Crippen molar-refractivity contribution in [1.82, 2.24) is 9.80 Å². The first-order valence-electron chi connectivity index (χ1n) is 5.01. The number of β-amino-alcohol motifs (C(OH)–C–C–N with tert-alkyl or cyclic N) is 1. The van der Waals surface area contributed by atoms with Crippen LogP contribution in [0.25, 0.3) is 0 Å². The molecule has 0 aromatic heterocycles. The Kier molecular flexibility index (Phi) is 4.74. The van der Waals surface area contributed by atoms with Crippen LogP contribution in [0.1, 0.15) is 6.92 Å². The van der Waals surface area contributed by atoms with Crippen LogP contribution >= 0.6 is 12.2 Å². The van der Waals surface area contributed by atoms with Gasteiger partial charge in [-0.05, 0) is 6.92 Å². The molecule has 1 aliphatic rings. The van der Waals surface area contributed by atoms with Crippen molar-refractivity contribution >= 4 is 17.2 Å². The molecular formula is C9H19N3OS. The standard InChI is InChI=1S/C9H19N3OS/c1-8(9(10)14)12-4-2-11(3-5-12)6-7-13/h8,13H,2-7H2,1H3,(H2,10,14). The zero-order chi connectivity index (χ0) is 10.6. The van der Waals surface area contributed by atoms with Crippen molar-refractivity contribution in [1.29, 1.82) is 0 Å². The summed E-state index contributed by atoms with van der Waals surface area (Å²) in [7, 11) is 0. The first-order valence-corrected chi connectivity index (χ1v) is 5.42. The molecule has 0 aromatic rings. The second-order valence-corrected chi connectivity index (χ2v) is 4.15. The van der Waals surface area contributed by atoms with Crippen LogP contribution in [0.3, 0.4) is 0 Å². The van der Waals surface area contributed by atoms with Gasteiger partial charge in [-0.15, -0.1) is 0 Å². The van der Waals surface area contributed by atoms with Gasteiger partial charge in [0, 0.05) is 32.7 Å². The second-order valence-electron chi connectivity index (χ2n) is 3.68. The van der Waals surface area contributed by atoms with E-state index in [1.165, 1.54) is 0 Å². The van der Waals surface area contributed by atoms with Gasteiger partial charge in [0.2, 0.25) is 0 Å². The zero-order valence-corrected chi connectivity index (χ0v) is 9.46. The topological polar surface area (TPSA) is 52.7 Å². The summed E-state index contributed by atoms with van der Waals surface area (Å²) in [4.78, 5) is 5.11. The molecular weight excluding hydrogens is 198 g/mol. The molecule has 1 heterocycles. The van der Waals surface area contributed by atoms with Gasteiger partial charge in [-0.1, -0.05) is 12.2 Å². The molecule has 14 heavy (non-hydrogen) atoms. The van der Waals surface area contributed by atoms with Crippen LogP contribution in [0.15, 0.2) is 0 Å². The van der Waals surface area contributed by atoms with Crippen molar-refractivity contribution in [2.75, 3.05) is 39.3 Å². The van der Waals surface area contributed by atoms with E-state index in [1.807, 2.05) is 6.92 Å². The monoisotopic (exact) mass is 217 g/mol. The second kappa shape index (κ2) is 5.60. The van der Waals surface area contributed by atoms with Crippen molar-refractivity contribution in [3.05, 3.63) is 0 Å². The summed E-state index contributed by atoms with van der Waals surface area (Å²) in [6, 6.07) is 0.196. The third kappa shape index (κ3) is 3.16. The number of aliphatic hydroxyl groups is 1. The molecule has 82 valence electrons. The number of rotatable bonds is 4. The Morgan fingerprint density at radius 1 is 1.43 bits per heavy atom. The largest absolute Gasteiger partial charge is 0.395 e. The summed E-state index contributed by atoms with van der Waals surface area (Å²) in [5, 5.41) is 8.79. The number of nitrogens with two attached hydrogens (primary N) is 1. The molecule has 0 saturated carbocycles. The molecule has 0 amide bonds. The molecule has 1 fully saturated rings. The Hall–Kier alpha value is -0.230. The van der Waals surface area contributed by atoms with E-state index < -0.39 is 0 Å². The van der Waals surface area contributed by atoms with E-state index in [9.17, 15) is 0 Å². The fourth-order valence-corrected chi connectivity index (χ4v) is 1.84. The Bertz CT molecular complexity index is 192. The molecule has 1 saturated heterocycles. The minimum Gasteiger partial charge on any atom is -0.395 e. The van der Waals surface area contributed by atoms with E-state index in [0.29, 0.717) is 4.99 Å². The Labute approximate surface area is 90.7 Å². The molecule has 1 atom stereocenters. The van der Waals surface area contributed by atoms with Gasteiger partial charge in [-0.2, -0.15) is 0 Å². The first-order chi connectivity index (χ1) is 6.65. The van der Waals surface area contributed by atoms with E-state index in [2.05, 4.69) is 9.80 Å². The molecule has 0 aromatic carbocycles. The fourth-order valence-electron chi connectivity index (χ4n) is 1.70. The van der Waals surface area contributed by atoms with Gasteiger partial charge in [-0.25, -0.2) is 0 Å². The van der Waals surface area contributed by atoms with Crippen molar-refractivity contribution in [3.63, 3.8) is 0 Å². The van der Waals surface area contributed by atoms with E-state index >= 15 is 0 Å². The number of piperazine rings is 1. The molecule has 5 heteroatoms. The average Bonchev–Trinajstić information content (AvgIpc) is 2.18. The van der Waals surface area contributed by atoms with E-state index in [4.69, 9.17) is 23.1 Å². The lowest BCUT2D eigenvalue weighted by Crippen LogP contribution is -2.53. The summed E-state index contributed by atoms with van der Waals surface area (Å²) >= 11 is 4.96. The van der Waals surface area contributed by atoms with Gasteiger partial charge in [0.05, 0.1) is 17.6 Å². The number of hydrogen-bond acceptors (Lipinski definition) is 4. The summed E-state index contributed by atoms with van der Waals surface area (Å²) < 4.78 is 0. The van der Waals surface area contributed by atoms with E-state index in [-0.39, 0.29) is 12.6 Å². The number of thiocarbonyl (C=S) groups is 1. The highest BCUT2D eigenvalue weighted by Crippen LogP contribution is 2.05. The smallest absolute Gasteiger partial charge is 0.0899 e. The van der Waals surface area contributed by atoms with Gasteiger partial charge >= 0.3 is 0 Å². The van der Waals surface area contributed by atoms with E-state index in [1.54, 1.807) is 0 Å². The van der Waals surface area contributed by atoms with Gasteiger partial charge in [0.1, 0.15) is 0 Å². The Morgan fingerprint density at radius 3 is 2.43 bits per heavy atom. The van der Waals surface area contributed by atoms with Crippen LogP contribution in [0.4, 0.5) is 0 Å². The minimum absolute atomic E-state index is 0.196. The normalized spacial score (nSPS) is 22.1. The lowest BCUT2D eigenvalue weighted by Gasteiger charge is -2.37. The van der Waals surface area contributed by atoms with Crippen molar-refractivity contribution in [3.8, 4) is 0 Å². The van der Waals surface area contributed by atoms with Crippen LogP contribution in [0.5, 0.6) is 0 Å². The average molecular weight is 217 g/mol. The maximum absolute atomic E-state index is 8.79. The summed E-state index contributed by atoms with van der Waals surface area (Å²) in [6.07, 6.45) is 0. The highest BCUT2D eigenvalue weighted by Gasteiger charge is 2.21. The zero-order valence-electron chi connectivity index (χ0n) is 8.65. The number of aliphatic hydroxyl groups excluding tert-OH is 1. The van der Waals surface area contributed by atoms with Crippen LogP contribution in [0.2, 0.25) is 0 Å². The third-order valence-electron chi connectivity index (χ3n) is 2.78. The van der Waals surface area contributed by atoms with Gasteiger partial charge < -0.3 is 10.8 Å². The maximum Gasteiger partial charge on any atom is 0.0899 e. The summed E-state index contributed by atoms with van der Waals surface area (Å²) in [5.41, 5.74) is 5.60. The molecule has 0 aliphatic carbocycles. The highest BCUT2D eigenvalue weighted by molar-refractivity contribution is 7.80. The molecule has 1 aliphatic heterocycles. The maximum atomic E-state index is 8.79. The van der Waals surface area contributed by atoms with Crippen molar-refractivity contribution in [2.24, 2.45) is 5.73 Å². The first kappa shape index (κ1) is 11.8. The Morgan fingerprint density at radius 2 is 2.00 bits per heavy atom. The summed E-state index contributed by atoms with van der Waals surface area (Å²) in [6.45, 7) is 7.02. The molecule has 0 spiro atoms. The molecule has 1 rings (SSSR count). The van der Waals surface area contributed by atoms with Crippen LogP contribution in [-0.2, 0) is 0 Å². The quantitative estimate of drug-likeness (QED) is 0.608. The van der Waals surface area contributed by atoms with Crippen LogP contribution < -0.4 is 5.73 Å². The van der Waals surface area contributed by atoms with Crippen molar-refractivity contribution < 1.29 is 5.11 Å². The van der Waals surface area contributed by atoms with Gasteiger partial charge in [0.15, 0.2) is 0 Å². The minimum atomic E-state index is 0.196. The molecule has 0 bridgehead atoms. The van der Waals surface area contributed by atoms with E-state index in [0.717, 1.165) is 32.7 Å². The summed E-state index contributed by atoms with van der Waals surface area (Å²) in [5.74, 6) is 0. The fraction of sp³-hybridized carbons (Fsp3) is 0.889. The van der Waals surface area contributed by atoms with Crippen molar-refractivity contribution in [2.45, 2.75) is 13.0 Å². The lowest BCUT2D eigenvalue weighted by molar-refractivity contribution is 0.105. The van der Waals surface area contributed by atoms with Gasteiger partial charge in [0.25, 0.3) is 0 Å². The predicted molar refractivity (Wildman–Crippen MR) is 61.3 cm³/mol. The van der Waals surface area contributed by atoms with Gasteiger partial charge in [-0.3, -0.25) is 9.80 Å². The molecule has 4 nitrogen and oxygen atoms in total.